The van der Waals surface area contributed by atoms with Gasteiger partial charge in [0.2, 0.25) is 0 Å². The minimum absolute atomic E-state index is 0.149. The van der Waals surface area contributed by atoms with Gasteiger partial charge >= 0.3 is 5.97 Å². The highest BCUT2D eigenvalue weighted by Crippen LogP contribution is 2.14. The van der Waals surface area contributed by atoms with Crippen molar-refractivity contribution < 1.29 is 18.7 Å². The van der Waals surface area contributed by atoms with E-state index in [0.29, 0.717) is 23.2 Å². The number of benzene rings is 1. The zero-order chi connectivity index (χ0) is 18.7. The predicted molar refractivity (Wildman–Crippen MR) is 90.2 cm³/mol. The fourth-order valence-electron chi connectivity index (χ4n) is 2.51. The number of aromatic nitrogens is 2. The average Bonchev–Trinajstić information content (AvgIpc) is 2.87. The van der Waals surface area contributed by atoms with Crippen molar-refractivity contribution in [3.63, 3.8) is 0 Å². The normalized spacial score (nSPS) is 10.4. The molecule has 0 aliphatic carbocycles. The van der Waals surface area contributed by atoms with Crippen LogP contribution in [0.25, 0.3) is 5.52 Å². The molecule has 1 aromatic carbocycles. The van der Waals surface area contributed by atoms with Crippen LogP contribution in [-0.2, 0) is 6.42 Å². The number of halogens is 2. The Morgan fingerprint density at radius 1 is 1.24 bits per heavy atom. The Hall–Kier alpha value is -2.96. The number of nitrogens with one attached hydrogen (secondary N) is 1. The van der Waals surface area contributed by atoms with E-state index in [1.54, 1.807) is 32.9 Å². The van der Waals surface area contributed by atoms with Gasteiger partial charge in [0.05, 0.1) is 5.52 Å². The third kappa shape index (κ3) is 3.76. The molecule has 3 rings (SSSR count). The van der Waals surface area contributed by atoms with Gasteiger partial charge in [0, 0.05) is 11.8 Å². The van der Waals surface area contributed by atoms with E-state index in [1.165, 1.54) is 16.6 Å². The topological polar surface area (TPSA) is 74.6 Å². The number of aromatic amines is 1. The average molecular weight is 348 g/mol. The molecule has 25 heavy (non-hydrogen) atoms. The summed E-state index contributed by atoms with van der Waals surface area (Å²) in [6.45, 7) is 5.18. The highest BCUT2D eigenvalue weighted by Gasteiger charge is 2.15. The molecule has 132 valence electrons. The predicted octanol–water partition coefficient (Wildman–Crippen LogP) is 3.47. The molecule has 2 N–H and O–H groups in total. The monoisotopic (exact) mass is 348 g/mol. The molecule has 0 unspecified atom stereocenters. The number of carbonyl (C=O) groups is 1. The first-order chi connectivity index (χ1) is 11.8. The van der Waals surface area contributed by atoms with Gasteiger partial charge in [-0.2, -0.15) is 0 Å². The van der Waals surface area contributed by atoms with Crippen molar-refractivity contribution >= 4 is 11.5 Å². The van der Waals surface area contributed by atoms with E-state index in [1.807, 2.05) is 0 Å². The summed E-state index contributed by atoms with van der Waals surface area (Å²) in [4.78, 5) is 22.5. The van der Waals surface area contributed by atoms with E-state index >= 15 is 0 Å². The van der Waals surface area contributed by atoms with E-state index < -0.39 is 17.6 Å². The molecule has 0 radical (unpaired) electrons. The summed E-state index contributed by atoms with van der Waals surface area (Å²) in [6, 6.07) is 7.34. The zero-order valence-electron chi connectivity index (χ0n) is 14.1. The summed E-state index contributed by atoms with van der Waals surface area (Å²) in [6.07, 6.45) is 0.531. The first-order valence-corrected chi connectivity index (χ1v) is 7.64. The molecule has 5 nitrogen and oxygen atoms in total. The van der Waals surface area contributed by atoms with Crippen LogP contribution in [0.4, 0.5) is 8.78 Å². The van der Waals surface area contributed by atoms with Gasteiger partial charge in [0.1, 0.15) is 5.56 Å². The number of carboxylic acids is 1. The molecule has 0 spiro atoms. The Bertz CT molecular complexity index is 990. The van der Waals surface area contributed by atoms with Gasteiger partial charge in [0.25, 0.3) is 5.56 Å². The van der Waals surface area contributed by atoms with Crippen LogP contribution in [0.2, 0.25) is 0 Å². The molecular formula is C18H18F2N2O3. The molecule has 7 heteroatoms. The van der Waals surface area contributed by atoms with Gasteiger partial charge < -0.3 is 5.11 Å². The maximum atomic E-state index is 12.6. The van der Waals surface area contributed by atoms with Gasteiger partial charge in [-0.1, -0.05) is 19.1 Å². The first kappa shape index (κ1) is 18.4. The molecule has 0 bridgehead atoms. The highest BCUT2D eigenvalue weighted by atomic mass is 19.2. The zero-order valence-corrected chi connectivity index (χ0v) is 14.1. The van der Waals surface area contributed by atoms with Crippen molar-refractivity contribution in [3.8, 4) is 0 Å². The summed E-state index contributed by atoms with van der Waals surface area (Å²) < 4.78 is 26.3. The van der Waals surface area contributed by atoms with Crippen molar-refractivity contribution in [2.24, 2.45) is 0 Å². The summed E-state index contributed by atoms with van der Waals surface area (Å²) in [5, 5.41) is 11.7. The molecule has 0 amide bonds. The molecule has 0 aliphatic rings. The second kappa shape index (κ2) is 7.29. The first-order valence-electron chi connectivity index (χ1n) is 7.64. The van der Waals surface area contributed by atoms with E-state index in [9.17, 15) is 18.4 Å². The number of pyridine rings is 1. The Balaban J connectivity index is 0.000000196. The Morgan fingerprint density at radius 2 is 1.92 bits per heavy atom. The lowest BCUT2D eigenvalue weighted by Gasteiger charge is -1.97. The molecule has 0 atom stereocenters. The summed E-state index contributed by atoms with van der Waals surface area (Å²) >= 11 is 0. The Kier molecular flexibility index (Phi) is 5.36. The van der Waals surface area contributed by atoms with E-state index in [-0.39, 0.29) is 11.1 Å². The lowest BCUT2D eigenvalue weighted by molar-refractivity contribution is 0.0698. The van der Waals surface area contributed by atoms with E-state index in [2.05, 4.69) is 5.10 Å². The van der Waals surface area contributed by atoms with E-state index in [0.717, 1.165) is 11.6 Å². The number of rotatable bonds is 2. The molecule has 0 saturated heterocycles. The van der Waals surface area contributed by atoms with Crippen LogP contribution in [0.5, 0.6) is 0 Å². The van der Waals surface area contributed by atoms with Crippen LogP contribution in [-0.4, -0.2) is 20.7 Å². The van der Waals surface area contributed by atoms with Crippen molar-refractivity contribution in [1.29, 1.82) is 0 Å². The van der Waals surface area contributed by atoms with Crippen molar-refractivity contribution in [3.05, 3.63) is 74.7 Å². The van der Waals surface area contributed by atoms with Crippen LogP contribution < -0.4 is 5.56 Å². The largest absolute Gasteiger partial charge is 0.478 e. The minimum Gasteiger partial charge on any atom is -0.478 e. The lowest BCUT2D eigenvalue weighted by Crippen LogP contribution is -2.13. The smallest absolute Gasteiger partial charge is 0.339 e. The number of nitrogens with zero attached hydrogens (tertiary/aromatic N) is 1. The second-order valence-electron chi connectivity index (χ2n) is 5.58. The SMILES string of the molecule is CCc1cccc(F)c1F.Cc1cc(=O)n2[nH]c(C)c(C(=O)O)c2c1. The second-order valence-corrected chi connectivity index (χ2v) is 5.58. The molecule has 0 aliphatic heterocycles. The molecule has 3 aromatic rings. The maximum Gasteiger partial charge on any atom is 0.339 e. The number of fused-ring (bicyclic) bond motifs is 1. The number of H-pyrrole nitrogens is 1. The standard InChI is InChI=1S/C10H10N2O3.C8H8F2/c1-5-3-7-9(10(14)15)6(2)11-12(7)8(13)4-5;1-2-6-4-3-5-7(9)8(6)10/h3-4,11H,1-2H3,(H,14,15);3-5H,2H2,1H3. The van der Waals surface area contributed by atoms with Gasteiger partial charge in [-0.25, -0.2) is 18.1 Å². The molecule has 0 saturated carbocycles. The summed E-state index contributed by atoms with van der Waals surface area (Å²) in [5.41, 5.74) is 1.97. The van der Waals surface area contributed by atoms with Gasteiger partial charge in [0.15, 0.2) is 11.6 Å². The molecule has 2 heterocycles. The van der Waals surface area contributed by atoms with Crippen molar-refractivity contribution in [2.45, 2.75) is 27.2 Å². The van der Waals surface area contributed by atoms with Crippen LogP contribution in [0.3, 0.4) is 0 Å². The fraction of sp³-hybridized carbons (Fsp3) is 0.222. The molecule has 0 fully saturated rings. The molecule has 2 aromatic heterocycles. The lowest BCUT2D eigenvalue weighted by atomic mass is 10.1. The van der Waals surface area contributed by atoms with Crippen molar-refractivity contribution in [1.82, 2.24) is 9.61 Å². The quantitative estimate of drug-likeness (QED) is 0.745. The van der Waals surface area contributed by atoms with Gasteiger partial charge in [-0.15, -0.1) is 0 Å². The number of carboxylic acid groups (broad SMARTS) is 1. The third-order valence-electron chi connectivity index (χ3n) is 3.71. The van der Waals surface area contributed by atoms with Crippen molar-refractivity contribution in [2.75, 3.05) is 0 Å². The maximum absolute atomic E-state index is 12.6. The Labute approximate surface area is 142 Å². The summed E-state index contributed by atoms with van der Waals surface area (Å²) in [5.74, 6) is -2.51. The van der Waals surface area contributed by atoms with Gasteiger partial charge in [-0.05, 0) is 43.5 Å². The van der Waals surface area contributed by atoms with Crippen LogP contribution >= 0.6 is 0 Å². The van der Waals surface area contributed by atoms with Gasteiger partial charge in [-0.3, -0.25) is 9.89 Å². The highest BCUT2D eigenvalue weighted by molar-refractivity contribution is 5.96. The van der Waals surface area contributed by atoms with E-state index in [4.69, 9.17) is 5.11 Å². The summed E-state index contributed by atoms with van der Waals surface area (Å²) in [7, 11) is 0. The third-order valence-corrected chi connectivity index (χ3v) is 3.71. The number of aryl methyl sites for hydroxylation is 3. The number of aromatic carboxylic acids is 1. The van der Waals surface area contributed by atoms with Crippen LogP contribution in [0.1, 0.15) is 34.1 Å². The fourth-order valence-corrected chi connectivity index (χ4v) is 2.51. The number of hydrogen-bond acceptors (Lipinski definition) is 2. The molecular weight excluding hydrogens is 330 g/mol. The number of hydrogen-bond donors (Lipinski definition) is 2. The minimum atomic E-state index is -1.03. The van der Waals surface area contributed by atoms with Crippen LogP contribution in [0.15, 0.2) is 35.1 Å². The Morgan fingerprint density at radius 3 is 2.48 bits per heavy atom. The van der Waals surface area contributed by atoms with Crippen LogP contribution in [0, 0.1) is 25.5 Å².